The van der Waals surface area contributed by atoms with Crippen molar-refractivity contribution in [1.29, 1.82) is 10.5 Å². The highest BCUT2D eigenvalue weighted by atomic mass is 35.5. The van der Waals surface area contributed by atoms with Crippen molar-refractivity contribution in [3.05, 3.63) is 73.4 Å². The van der Waals surface area contributed by atoms with Gasteiger partial charge in [0.2, 0.25) is 0 Å². The Morgan fingerprint density at radius 3 is 2.70 bits per heavy atom. The van der Waals surface area contributed by atoms with Gasteiger partial charge in [0.1, 0.15) is 22.7 Å². The fourth-order valence-electron chi connectivity index (χ4n) is 4.31. The van der Waals surface area contributed by atoms with E-state index in [2.05, 4.69) is 16.0 Å². The van der Waals surface area contributed by atoms with Crippen LogP contribution < -0.4 is 5.32 Å². The lowest BCUT2D eigenvalue weighted by Crippen LogP contribution is -2.14. The first kappa shape index (κ1) is 22.9. The first-order valence-electron chi connectivity index (χ1n) is 10.8. The number of carbonyl (C=O) groups excluding carboxylic acids is 1. The Morgan fingerprint density at radius 1 is 1.21 bits per heavy atom. The van der Waals surface area contributed by atoms with Crippen LogP contribution in [-0.4, -0.2) is 10.5 Å². The van der Waals surface area contributed by atoms with Crippen molar-refractivity contribution < 1.29 is 4.79 Å². The fourth-order valence-corrected chi connectivity index (χ4v) is 5.93. The molecule has 2 aromatic heterocycles. The van der Waals surface area contributed by atoms with E-state index in [9.17, 15) is 15.3 Å². The van der Waals surface area contributed by atoms with Crippen LogP contribution in [0.25, 0.3) is 11.1 Å². The van der Waals surface area contributed by atoms with Crippen LogP contribution in [0.2, 0.25) is 5.02 Å². The molecule has 1 aromatic carbocycles. The standard InChI is InChI=1S/C26H23ClN4OS/c1-15-11-18(12-19(13-28)25(32)30-23-9-6-8-22(27)16(23)2)17(3)31(15)26-21(14-29)20-7-4-5-10-24(20)33-26/h6,8-9,11-12H,4-5,7,10H2,1-3H3,(H,30,32). The van der Waals surface area contributed by atoms with Crippen molar-refractivity contribution in [2.45, 2.75) is 46.5 Å². The van der Waals surface area contributed by atoms with E-state index in [1.54, 1.807) is 35.6 Å². The number of thiophene rings is 1. The number of amides is 1. The SMILES string of the molecule is Cc1c(Cl)cccc1NC(=O)C(C#N)=Cc1cc(C)n(-c2sc3c(c2C#N)CCCC3)c1C. The highest BCUT2D eigenvalue weighted by Gasteiger charge is 2.24. The van der Waals surface area contributed by atoms with Crippen LogP contribution >= 0.6 is 22.9 Å². The number of rotatable bonds is 4. The molecule has 2 heterocycles. The van der Waals surface area contributed by atoms with Crippen molar-refractivity contribution in [3.8, 4) is 17.1 Å². The monoisotopic (exact) mass is 474 g/mol. The second-order valence-electron chi connectivity index (χ2n) is 8.20. The molecular formula is C26H23ClN4OS. The van der Waals surface area contributed by atoms with Gasteiger partial charge in [0.15, 0.2) is 0 Å². The lowest BCUT2D eigenvalue weighted by Gasteiger charge is -2.10. The molecular weight excluding hydrogens is 452 g/mol. The van der Waals surface area contributed by atoms with Crippen LogP contribution in [0.3, 0.4) is 0 Å². The number of anilines is 1. The number of hydrogen-bond donors (Lipinski definition) is 1. The van der Waals surface area contributed by atoms with E-state index >= 15 is 0 Å². The molecule has 3 aromatic rings. The molecule has 7 heteroatoms. The van der Waals surface area contributed by atoms with Gasteiger partial charge >= 0.3 is 0 Å². The first-order chi connectivity index (χ1) is 15.8. The molecule has 0 bridgehead atoms. The van der Waals surface area contributed by atoms with Crippen LogP contribution in [0, 0.1) is 43.4 Å². The molecule has 0 saturated carbocycles. The summed E-state index contributed by atoms with van der Waals surface area (Å²) in [6.07, 6.45) is 5.84. The average Bonchev–Trinajstić information content (AvgIpc) is 3.30. The lowest BCUT2D eigenvalue weighted by molar-refractivity contribution is -0.112. The molecule has 0 spiro atoms. The molecule has 4 rings (SSSR count). The quantitative estimate of drug-likeness (QED) is 0.350. The van der Waals surface area contributed by atoms with Gasteiger partial charge in [-0.3, -0.25) is 4.79 Å². The van der Waals surface area contributed by atoms with E-state index in [0.717, 1.165) is 58.8 Å². The zero-order chi connectivity index (χ0) is 23.7. The Balaban J connectivity index is 1.71. The highest BCUT2D eigenvalue weighted by Crippen LogP contribution is 2.38. The molecule has 0 saturated heterocycles. The third kappa shape index (κ3) is 4.20. The van der Waals surface area contributed by atoms with E-state index < -0.39 is 5.91 Å². The Hall–Kier alpha value is -3.32. The van der Waals surface area contributed by atoms with Crippen LogP contribution in [-0.2, 0) is 17.6 Å². The zero-order valence-corrected chi connectivity index (χ0v) is 20.3. The molecule has 33 heavy (non-hydrogen) atoms. The number of halogens is 1. The smallest absolute Gasteiger partial charge is 0.266 e. The maximum atomic E-state index is 12.8. The second kappa shape index (κ2) is 9.27. The van der Waals surface area contributed by atoms with Crippen LogP contribution in [0.5, 0.6) is 0 Å². The third-order valence-electron chi connectivity index (χ3n) is 6.12. The third-order valence-corrected chi connectivity index (χ3v) is 7.81. The Morgan fingerprint density at radius 2 is 1.97 bits per heavy atom. The number of aryl methyl sites for hydroxylation is 2. The van der Waals surface area contributed by atoms with E-state index in [1.807, 2.05) is 32.9 Å². The molecule has 0 fully saturated rings. The Bertz CT molecular complexity index is 1380. The van der Waals surface area contributed by atoms with Crippen LogP contribution in [0.4, 0.5) is 5.69 Å². The fraction of sp³-hybridized carbons (Fsp3) is 0.269. The minimum atomic E-state index is -0.489. The maximum absolute atomic E-state index is 12.8. The summed E-state index contributed by atoms with van der Waals surface area (Å²) >= 11 is 7.83. The summed E-state index contributed by atoms with van der Waals surface area (Å²) in [6.45, 7) is 5.74. The normalized spacial score (nSPS) is 13.2. The summed E-state index contributed by atoms with van der Waals surface area (Å²) in [5.41, 5.74) is 5.87. The number of aromatic nitrogens is 1. The summed E-state index contributed by atoms with van der Waals surface area (Å²) in [5.74, 6) is -0.489. The minimum absolute atomic E-state index is 0.000561. The van der Waals surface area contributed by atoms with Crippen LogP contribution in [0.1, 0.15) is 51.4 Å². The number of benzene rings is 1. The number of nitriles is 2. The summed E-state index contributed by atoms with van der Waals surface area (Å²) in [6, 6.07) is 11.6. The molecule has 1 N–H and O–H groups in total. The van der Waals surface area contributed by atoms with Crippen molar-refractivity contribution in [3.63, 3.8) is 0 Å². The number of fused-ring (bicyclic) bond motifs is 1. The lowest BCUT2D eigenvalue weighted by atomic mass is 9.96. The molecule has 5 nitrogen and oxygen atoms in total. The molecule has 0 radical (unpaired) electrons. The van der Waals surface area contributed by atoms with Gasteiger partial charge in [-0.05, 0) is 87.4 Å². The summed E-state index contributed by atoms with van der Waals surface area (Å²) < 4.78 is 2.07. The number of nitrogens with one attached hydrogen (secondary N) is 1. The molecule has 0 atom stereocenters. The summed E-state index contributed by atoms with van der Waals surface area (Å²) in [5, 5.41) is 23.8. The largest absolute Gasteiger partial charge is 0.321 e. The molecule has 166 valence electrons. The molecule has 0 unspecified atom stereocenters. The number of carbonyl (C=O) groups is 1. The van der Waals surface area contributed by atoms with Gasteiger partial charge in [0.25, 0.3) is 5.91 Å². The second-order valence-corrected chi connectivity index (χ2v) is 9.69. The predicted molar refractivity (Wildman–Crippen MR) is 133 cm³/mol. The van der Waals surface area contributed by atoms with E-state index in [-0.39, 0.29) is 5.57 Å². The van der Waals surface area contributed by atoms with E-state index in [0.29, 0.717) is 10.7 Å². The molecule has 1 amide bonds. The molecule has 1 aliphatic carbocycles. The molecule has 0 aliphatic heterocycles. The van der Waals surface area contributed by atoms with Crippen molar-refractivity contribution in [2.75, 3.05) is 5.32 Å². The Kier molecular flexibility index (Phi) is 6.42. The van der Waals surface area contributed by atoms with Crippen LogP contribution in [0.15, 0.2) is 29.8 Å². The summed E-state index contributed by atoms with van der Waals surface area (Å²) in [4.78, 5) is 14.1. The van der Waals surface area contributed by atoms with Gasteiger partial charge in [-0.2, -0.15) is 10.5 Å². The molecule has 1 aliphatic rings. The van der Waals surface area contributed by atoms with E-state index in [1.165, 1.54) is 10.4 Å². The summed E-state index contributed by atoms with van der Waals surface area (Å²) in [7, 11) is 0. The van der Waals surface area contributed by atoms with Gasteiger partial charge < -0.3 is 9.88 Å². The maximum Gasteiger partial charge on any atom is 0.266 e. The highest BCUT2D eigenvalue weighted by molar-refractivity contribution is 7.15. The first-order valence-corrected chi connectivity index (χ1v) is 12.0. The predicted octanol–water partition coefficient (Wildman–Crippen LogP) is 6.41. The van der Waals surface area contributed by atoms with Gasteiger partial charge in [-0.15, -0.1) is 11.3 Å². The topological polar surface area (TPSA) is 81.6 Å². The average molecular weight is 475 g/mol. The number of hydrogen-bond acceptors (Lipinski definition) is 4. The van der Waals surface area contributed by atoms with Gasteiger partial charge in [0.05, 0.1) is 5.56 Å². The zero-order valence-electron chi connectivity index (χ0n) is 18.8. The van der Waals surface area contributed by atoms with Gasteiger partial charge in [-0.25, -0.2) is 0 Å². The van der Waals surface area contributed by atoms with Gasteiger partial charge in [-0.1, -0.05) is 17.7 Å². The van der Waals surface area contributed by atoms with E-state index in [4.69, 9.17) is 11.6 Å². The minimum Gasteiger partial charge on any atom is -0.321 e. The Labute approximate surface area is 202 Å². The van der Waals surface area contributed by atoms with Crippen molar-refractivity contribution in [1.82, 2.24) is 4.57 Å². The number of nitrogens with zero attached hydrogens (tertiary/aromatic N) is 3. The van der Waals surface area contributed by atoms with Gasteiger partial charge in [0, 0.05) is 27.0 Å². The van der Waals surface area contributed by atoms with Crippen molar-refractivity contribution >= 4 is 40.6 Å². The van der Waals surface area contributed by atoms with Crippen molar-refractivity contribution in [2.24, 2.45) is 0 Å².